The molecule has 0 bridgehead atoms. The van der Waals surface area contributed by atoms with Crippen LogP contribution >= 0.6 is 27.7 Å². The molecule has 2 heteroatoms. The number of halogens is 1. The Labute approximate surface area is 86.9 Å². The first kappa shape index (κ1) is 10.1. The highest BCUT2D eigenvalue weighted by molar-refractivity contribution is 9.10. The lowest BCUT2D eigenvalue weighted by Gasteiger charge is -2.04. The van der Waals surface area contributed by atoms with Crippen molar-refractivity contribution in [1.29, 1.82) is 0 Å². The van der Waals surface area contributed by atoms with Gasteiger partial charge >= 0.3 is 0 Å². The summed E-state index contributed by atoms with van der Waals surface area (Å²) in [5.74, 6) is 1.21. The maximum absolute atomic E-state index is 3.46. The molecule has 0 nitrogen and oxygen atoms in total. The number of thioether (sulfide) groups is 1. The summed E-state index contributed by atoms with van der Waals surface area (Å²) in [7, 11) is 0. The molecule has 0 fully saturated rings. The van der Waals surface area contributed by atoms with Crippen molar-refractivity contribution in [1.82, 2.24) is 0 Å². The van der Waals surface area contributed by atoms with E-state index in [4.69, 9.17) is 0 Å². The second-order valence-electron chi connectivity index (χ2n) is 2.76. The zero-order valence-electron chi connectivity index (χ0n) is 7.43. The van der Waals surface area contributed by atoms with Gasteiger partial charge in [-0.05, 0) is 42.9 Å². The Hall–Kier alpha value is 0.0500. The van der Waals surface area contributed by atoms with E-state index in [0.29, 0.717) is 0 Å². The highest BCUT2D eigenvalue weighted by Gasteiger charge is 1.97. The molecule has 0 heterocycles. The minimum atomic E-state index is 1.17. The lowest BCUT2D eigenvalue weighted by molar-refractivity contribution is 1.10. The van der Waals surface area contributed by atoms with E-state index in [-0.39, 0.29) is 0 Å². The first-order valence-corrected chi connectivity index (χ1v) is 5.91. The average molecular weight is 245 g/mol. The Bertz CT molecular complexity index is 258. The molecule has 0 amide bonds. The Morgan fingerprint density at radius 1 is 1.42 bits per heavy atom. The normalized spacial score (nSPS) is 10.2. The summed E-state index contributed by atoms with van der Waals surface area (Å²) in [6.07, 6.45) is 1.24. The van der Waals surface area contributed by atoms with Crippen LogP contribution in [-0.4, -0.2) is 5.75 Å². The second-order valence-corrected chi connectivity index (χ2v) is 4.81. The number of hydrogen-bond acceptors (Lipinski definition) is 1. The van der Waals surface area contributed by atoms with Crippen molar-refractivity contribution in [2.75, 3.05) is 5.75 Å². The average Bonchev–Trinajstić information content (AvgIpc) is 2.03. The molecule has 0 saturated heterocycles. The molecule has 0 radical (unpaired) electrons. The maximum atomic E-state index is 3.46. The van der Waals surface area contributed by atoms with E-state index in [2.05, 4.69) is 48.0 Å². The van der Waals surface area contributed by atoms with E-state index < -0.39 is 0 Å². The summed E-state index contributed by atoms with van der Waals surface area (Å²) in [6, 6.07) is 6.45. The van der Waals surface area contributed by atoms with Gasteiger partial charge in [-0.1, -0.05) is 22.9 Å². The van der Waals surface area contributed by atoms with Gasteiger partial charge < -0.3 is 0 Å². The van der Waals surface area contributed by atoms with E-state index >= 15 is 0 Å². The van der Waals surface area contributed by atoms with Crippen LogP contribution in [-0.2, 0) is 0 Å². The number of hydrogen-bond donors (Lipinski definition) is 0. The third-order valence-electron chi connectivity index (χ3n) is 1.60. The fourth-order valence-corrected chi connectivity index (χ4v) is 2.34. The minimum Gasteiger partial charge on any atom is -0.126 e. The topological polar surface area (TPSA) is 0 Å². The molecule has 1 aromatic carbocycles. The van der Waals surface area contributed by atoms with Crippen LogP contribution in [0.25, 0.3) is 0 Å². The van der Waals surface area contributed by atoms with E-state index in [1.54, 1.807) is 0 Å². The zero-order valence-corrected chi connectivity index (χ0v) is 9.83. The molecule has 0 atom stereocenters. The van der Waals surface area contributed by atoms with Gasteiger partial charge in [-0.2, -0.15) is 0 Å². The fourth-order valence-electron chi connectivity index (χ4n) is 0.987. The summed E-state index contributed by atoms with van der Waals surface area (Å²) in [4.78, 5) is 1.40. The summed E-state index contributed by atoms with van der Waals surface area (Å²) in [6.45, 7) is 4.37. The van der Waals surface area contributed by atoms with Crippen molar-refractivity contribution in [3.8, 4) is 0 Å². The maximum Gasteiger partial charge on any atom is 0.0178 e. The van der Waals surface area contributed by atoms with Crippen molar-refractivity contribution in [2.24, 2.45) is 0 Å². The van der Waals surface area contributed by atoms with Gasteiger partial charge in [-0.3, -0.25) is 0 Å². The first-order chi connectivity index (χ1) is 5.74. The summed E-state index contributed by atoms with van der Waals surface area (Å²) in [5.41, 5.74) is 1.36. The van der Waals surface area contributed by atoms with Gasteiger partial charge in [0.1, 0.15) is 0 Å². The lowest BCUT2D eigenvalue weighted by atomic mass is 10.2. The van der Waals surface area contributed by atoms with Crippen LogP contribution in [0.3, 0.4) is 0 Å². The van der Waals surface area contributed by atoms with E-state index in [1.165, 1.54) is 27.1 Å². The number of aryl methyl sites for hydroxylation is 1. The Balaban J connectivity index is 2.72. The predicted octanol–water partition coefficient (Wildman–Crippen LogP) is 4.26. The quantitative estimate of drug-likeness (QED) is 0.717. The van der Waals surface area contributed by atoms with E-state index in [1.807, 2.05) is 11.8 Å². The Morgan fingerprint density at radius 2 is 2.17 bits per heavy atom. The highest BCUT2D eigenvalue weighted by atomic mass is 79.9. The molecule has 1 aromatic rings. The van der Waals surface area contributed by atoms with Crippen LogP contribution in [0.1, 0.15) is 18.9 Å². The van der Waals surface area contributed by atoms with Gasteiger partial charge in [-0.15, -0.1) is 11.8 Å². The summed E-state index contributed by atoms with van der Waals surface area (Å²) in [5, 5.41) is 0. The van der Waals surface area contributed by atoms with Crippen LogP contribution in [0.15, 0.2) is 27.6 Å². The summed E-state index contributed by atoms with van der Waals surface area (Å²) >= 11 is 5.39. The lowest BCUT2D eigenvalue weighted by Crippen LogP contribution is -1.81. The van der Waals surface area contributed by atoms with Crippen molar-refractivity contribution in [3.63, 3.8) is 0 Å². The van der Waals surface area contributed by atoms with Crippen molar-refractivity contribution >= 4 is 27.7 Å². The molecule has 0 aromatic heterocycles. The minimum absolute atomic E-state index is 1.17. The van der Waals surface area contributed by atoms with Crippen LogP contribution in [0, 0.1) is 6.92 Å². The molecule has 0 aliphatic rings. The van der Waals surface area contributed by atoms with Crippen molar-refractivity contribution < 1.29 is 0 Å². The molecule has 66 valence electrons. The molecular formula is C10H13BrS. The van der Waals surface area contributed by atoms with Gasteiger partial charge in [0.15, 0.2) is 0 Å². The first-order valence-electron chi connectivity index (χ1n) is 4.13. The Morgan fingerprint density at radius 3 is 2.75 bits per heavy atom. The van der Waals surface area contributed by atoms with Gasteiger partial charge in [-0.25, -0.2) is 0 Å². The van der Waals surface area contributed by atoms with Crippen LogP contribution in [0.4, 0.5) is 0 Å². The van der Waals surface area contributed by atoms with Crippen LogP contribution in [0.5, 0.6) is 0 Å². The second kappa shape index (κ2) is 4.93. The number of benzene rings is 1. The van der Waals surface area contributed by atoms with Gasteiger partial charge in [0.05, 0.1) is 0 Å². The van der Waals surface area contributed by atoms with Crippen molar-refractivity contribution in [3.05, 3.63) is 28.2 Å². The highest BCUT2D eigenvalue weighted by Crippen LogP contribution is 2.25. The molecule has 0 N–H and O–H groups in total. The zero-order chi connectivity index (χ0) is 8.97. The van der Waals surface area contributed by atoms with Crippen molar-refractivity contribution in [2.45, 2.75) is 25.2 Å². The molecule has 0 aliphatic heterocycles. The number of rotatable bonds is 3. The molecule has 0 aliphatic carbocycles. The summed E-state index contributed by atoms with van der Waals surface area (Å²) < 4.78 is 1.17. The van der Waals surface area contributed by atoms with Gasteiger partial charge in [0, 0.05) is 9.37 Å². The largest absolute Gasteiger partial charge is 0.126 e. The smallest absolute Gasteiger partial charge is 0.0178 e. The van der Waals surface area contributed by atoms with E-state index in [0.717, 1.165) is 0 Å². The molecular weight excluding hydrogens is 232 g/mol. The molecule has 0 spiro atoms. The molecule has 0 unspecified atom stereocenters. The predicted molar refractivity (Wildman–Crippen MR) is 59.9 cm³/mol. The van der Waals surface area contributed by atoms with E-state index in [9.17, 15) is 0 Å². The molecule has 12 heavy (non-hydrogen) atoms. The standard InChI is InChI=1S/C10H13BrS/c1-3-6-12-10-5-4-9(11)7-8(10)2/h4-5,7H,3,6H2,1-2H3. The van der Waals surface area contributed by atoms with Crippen LogP contribution < -0.4 is 0 Å². The monoisotopic (exact) mass is 244 g/mol. The van der Waals surface area contributed by atoms with Crippen LogP contribution in [0.2, 0.25) is 0 Å². The van der Waals surface area contributed by atoms with Gasteiger partial charge in [0.25, 0.3) is 0 Å². The molecule has 0 saturated carbocycles. The van der Waals surface area contributed by atoms with Gasteiger partial charge in [0.2, 0.25) is 0 Å². The SMILES string of the molecule is CCCSc1ccc(Br)cc1C. The Kier molecular flexibility index (Phi) is 4.16. The third kappa shape index (κ3) is 2.83. The molecule has 1 rings (SSSR count). The third-order valence-corrected chi connectivity index (χ3v) is 3.47. The fraction of sp³-hybridized carbons (Fsp3) is 0.400.